The maximum absolute atomic E-state index is 9.81. The molecular weight excluding hydrogens is 142 g/mol. The first kappa shape index (κ1) is 12.1. The Balaban J connectivity index is 0. The summed E-state index contributed by atoms with van der Waals surface area (Å²) in [5, 5.41) is 0. The molecule has 0 rings (SSSR count). The summed E-state index contributed by atoms with van der Waals surface area (Å²) < 4.78 is 4.39. The number of ether oxygens (including phenoxy) is 1. The van der Waals surface area contributed by atoms with Crippen molar-refractivity contribution < 1.29 is 9.53 Å². The summed E-state index contributed by atoms with van der Waals surface area (Å²) in [6, 6.07) is 0. The third-order valence-corrected chi connectivity index (χ3v) is 0.435. The summed E-state index contributed by atoms with van der Waals surface area (Å²) in [5.41, 5.74) is 4.63. The fourth-order valence-corrected chi connectivity index (χ4v) is 0.232. The maximum atomic E-state index is 9.81. The number of primary amides is 1. The molecule has 0 atom stereocenters. The number of nitrogens with two attached hydrogens (primary N) is 1. The summed E-state index contributed by atoms with van der Waals surface area (Å²) in [7, 11) is 0. The van der Waals surface area contributed by atoms with Crippen LogP contribution in [0.5, 0.6) is 0 Å². The van der Waals surface area contributed by atoms with Gasteiger partial charge in [-0.15, -0.1) is 12.8 Å². The van der Waals surface area contributed by atoms with Crippen LogP contribution in [0.2, 0.25) is 0 Å². The highest BCUT2D eigenvalue weighted by molar-refractivity contribution is 5.64. The van der Waals surface area contributed by atoms with E-state index in [1.165, 1.54) is 0 Å². The Bertz CT molecular complexity index is 171. The van der Waals surface area contributed by atoms with Gasteiger partial charge in [-0.05, 0) is 25.7 Å². The molecule has 0 bridgehead atoms. The highest BCUT2D eigenvalue weighted by Gasteiger charge is 1.94. The van der Waals surface area contributed by atoms with Gasteiger partial charge < -0.3 is 10.5 Å². The Labute approximate surface area is 66.9 Å². The first-order chi connectivity index (χ1) is 5.04. The molecule has 0 aliphatic carbocycles. The Morgan fingerprint density at radius 3 is 1.82 bits per heavy atom. The van der Waals surface area contributed by atoms with E-state index in [2.05, 4.69) is 23.3 Å². The van der Waals surface area contributed by atoms with Crippen molar-refractivity contribution >= 4 is 6.09 Å². The minimum absolute atomic E-state index is 0.0995. The average molecular weight is 153 g/mol. The van der Waals surface area contributed by atoms with Gasteiger partial charge in [0.2, 0.25) is 0 Å². The second kappa shape index (κ2) is 8.39. The number of amides is 1. The minimum atomic E-state index is -0.713. The van der Waals surface area contributed by atoms with Crippen LogP contribution in [-0.2, 0) is 4.74 Å². The molecule has 11 heavy (non-hydrogen) atoms. The van der Waals surface area contributed by atoms with Crippen LogP contribution in [0.25, 0.3) is 0 Å². The Kier molecular flexibility index (Phi) is 9.23. The highest BCUT2D eigenvalue weighted by atomic mass is 16.6. The topological polar surface area (TPSA) is 52.3 Å². The fourth-order valence-electron chi connectivity index (χ4n) is 0.232. The standard InChI is InChI=1S/C4H9NO2.C4H2/c1-3(2)7-4(5)6;1-3-4-2/h3H,1-2H3,(H2,5,6);1-2H. The molecule has 0 aliphatic rings. The van der Waals surface area contributed by atoms with Crippen molar-refractivity contribution in [3.63, 3.8) is 0 Å². The lowest BCUT2D eigenvalue weighted by Gasteiger charge is -2.01. The third kappa shape index (κ3) is 29.8. The molecule has 0 saturated carbocycles. The zero-order chi connectivity index (χ0) is 9.28. The number of hydrogen-bond donors (Lipinski definition) is 1. The molecule has 3 heteroatoms. The predicted molar refractivity (Wildman–Crippen MR) is 43.5 cm³/mol. The van der Waals surface area contributed by atoms with Crippen molar-refractivity contribution in [2.45, 2.75) is 20.0 Å². The van der Waals surface area contributed by atoms with Crippen LogP contribution in [0.1, 0.15) is 13.8 Å². The lowest BCUT2D eigenvalue weighted by Crippen LogP contribution is -2.17. The SMILES string of the molecule is C#CC#C.CC(C)OC(N)=O. The van der Waals surface area contributed by atoms with Crippen LogP contribution in [0.4, 0.5) is 4.79 Å². The molecule has 1 amide bonds. The van der Waals surface area contributed by atoms with Gasteiger partial charge >= 0.3 is 6.09 Å². The second-order valence-corrected chi connectivity index (χ2v) is 1.77. The average Bonchev–Trinajstić information content (AvgIpc) is 1.85. The van der Waals surface area contributed by atoms with E-state index in [4.69, 9.17) is 0 Å². The van der Waals surface area contributed by atoms with E-state index in [0.717, 1.165) is 0 Å². The second-order valence-electron chi connectivity index (χ2n) is 1.77. The Hall–Kier alpha value is -1.61. The fraction of sp³-hybridized carbons (Fsp3) is 0.375. The lowest BCUT2D eigenvalue weighted by molar-refractivity contribution is 0.125. The molecule has 0 fully saturated rings. The quantitative estimate of drug-likeness (QED) is 0.565. The van der Waals surface area contributed by atoms with Crippen LogP contribution in [0, 0.1) is 24.7 Å². The number of carbonyl (C=O) groups is 1. The molecule has 2 N–H and O–H groups in total. The van der Waals surface area contributed by atoms with Gasteiger partial charge in [0.1, 0.15) is 0 Å². The van der Waals surface area contributed by atoms with Crippen molar-refractivity contribution in [2.75, 3.05) is 0 Å². The van der Waals surface area contributed by atoms with Gasteiger partial charge in [-0.25, -0.2) is 4.79 Å². The van der Waals surface area contributed by atoms with Gasteiger partial charge in [0.15, 0.2) is 0 Å². The molecule has 0 aliphatic heterocycles. The van der Waals surface area contributed by atoms with Gasteiger partial charge in [0.25, 0.3) is 0 Å². The van der Waals surface area contributed by atoms with Gasteiger partial charge in [-0.3, -0.25) is 0 Å². The summed E-state index contributed by atoms with van der Waals surface area (Å²) in [5.74, 6) is 3.92. The molecule has 0 aromatic carbocycles. The molecule has 60 valence electrons. The molecule has 0 aromatic rings. The van der Waals surface area contributed by atoms with Crippen molar-refractivity contribution in [3.8, 4) is 24.7 Å². The normalized spacial score (nSPS) is 6.64. The molecule has 0 heterocycles. The lowest BCUT2D eigenvalue weighted by atomic mass is 10.5. The van der Waals surface area contributed by atoms with E-state index in [0.29, 0.717) is 0 Å². The summed E-state index contributed by atoms with van der Waals surface area (Å²) >= 11 is 0. The molecule has 0 spiro atoms. The van der Waals surface area contributed by atoms with Crippen molar-refractivity contribution in [2.24, 2.45) is 5.73 Å². The molecule has 0 aromatic heterocycles. The van der Waals surface area contributed by atoms with E-state index < -0.39 is 6.09 Å². The van der Waals surface area contributed by atoms with Gasteiger partial charge in [0.05, 0.1) is 6.10 Å². The van der Waals surface area contributed by atoms with E-state index in [1.807, 2.05) is 11.8 Å². The highest BCUT2D eigenvalue weighted by Crippen LogP contribution is 1.83. The van der Waals surface area contributed by atoms with Crippen LogP contribution < -0.4 is 5.73 Å². The Morgan fingerprint density at radius 1 is 1.45 bits per heavy atom. The number of terminal acetylenes is 2. The zero-order valence-corrected chi connectivity index (χ0v) is 6.63. The minimum Gasteiger partial charge on any atom is -0.447 e. The van der Waals surface area contributed by atoms with Gasteiger partial charge in [-0.1, -0.05) is 0 Å². The van der Waals surface area contributed by atoms with Crippen molar-refractivity contribution in [1.29, 1.82) is 0 Å². The summed E-state index contributed by atoms with van der Waals surface area (Å²) in [6.07, 6.45) is 8.27. The van der Waals surface area contributed by atoms with E-state index in [9.17, 15) is 4.79 Å². The molecule has 0 saturated heterocycles. The number of rotatable bonds is 1. The zero-order valence-electron chi connectivity index (χ0n) is 6.63. The van der Waals surface area contributed by atoms with E-state index in [-0.39, 0.29) is 6.10 Å². The molecule has 3 nitrogen and oxygen atoms in total. The van der Waals surface area contributed by atoms with Crippen LogP contribution in [0.3, 0.4) is 0 Å². The first-order valence-corrected chi connectivity index (χ1v) is 2.91. The Morgan fingerprint density at radius 2 is 1.82 bits per heavy atom. The molecular formula is C8H11NO2. The number of carbonyl (C=O) groups excluding carboxylic acids is 1. The van der Waals surface area contributed by atoms with Crippen LogP contribution in [0.15, 0.2) is 0 Å². The van der Waals surface area contributed by atoms with E-state index in [1.54, 1.807) is 13.8 Å². The third-order valence-electron chi connectivity index (χ3n) is 0.435. The maximum Gasteiger partial charge on any atom is 0.404 e. The van der Waals surface area contributed by atoms with Gasteiger partial charge in [-0.2, -0.15) is 0 Å². The summed E-state index contributed by atoms with van der Waals surface area (Å²) in [6.45, 7) is 3.48. The van der Waals surface area contributed by atoms with Crippen molar-refractivity contribution in [3.05, 3.63) is 0 Å². The van der Waals surface area contributed by atoms with Crippen LogP contribution >= 0.6 is 0 Å². The van der Waals surface area contributed by atoms with Gasteiger partial charge in [0, 0.05) is 0 Å². The molecule has 0 radical (unpaired) electrons. The predicted octanol–water partition coefficient (Wildman–Crippen LogP) is 0.743. The van der Waals surface area contributed by atoms with Crippen molar-refractivity contribution in [1.82, 2.24) is 0 Å². The number of hydrogen-bond acceptors (Lipinski definition) is 2. The largest absolute Gasteiger partial charge is 0.447 e. The monoisotopic (exact) mass is 153 g/mol. The van der Waals surface area contributed by atoms with Crippen LogP contribution in [-0.4, -0.2) is 12.2 Å². The van der Waals surface area contributed by atoms with E-state index >= 15 is 0 Å². The molecule has 0 unspecified atom stereocenters. The smallest absolute Gasteiger partial charge is 0.404 e. The first-order valence-electron chi connectivity index (χ1n) is 2.91. The summed E-state index contributed by atoms with van der Waals surface area (Å²) in [4.78, 5) is 9.81.